The van der Waals surface area contributed by atoms with Gasteiger partial charge >= 0.3 is 5.38 Å². The van der Waals surface area contributed by atoms with Crippen LogP contribution in [0.25, 0.3) is 32.9 Å². The van der Waals surface area contributed by atoms with Crippen molar-refractivity contribution in [2.24, 2.45) is 0 Å². The number of benzene rings is 2. The Labute approximate surface area is 274 Å². The first-order chi connectivity index (χ1) is 22.5. The maximum absolute atomic E-state index is 15.7. The number of halogens is 5. The van der Waals surface area contributed by atoms with E-state index in [-0.39, 0.29) is 51.6 Å². The number of β-amino-alcohol motifs (C(OH)–C–C–N with tert-alkyl or cyclic N) is 1. The van der Waals surface area contributed by atoms with E-state index in [0.29, 0.717) is 45.1 Å². The number of phenolic OH excluding ortho intramolecular Hbond substituents is 1. The van der Waals surface area contributed by atoms with Crippen LogP contribution in [0.4, 0.5) is 29.3 Å². The van der Waals surface area contributed by atoms with Crippen molar-refractivity contribution in [1.29, 1.82) is 0 Å². The van der Waals surface area contributed by atoms with Gasteiger partial charge in [-0.15, -0.1) is 0 Å². The lowest BCUT2D eigenvalue weighted by Crippen LogP contribution is -2.60. The van der Waals surface area contributed by atoms with Gasteiger partial charge in [0.1, 0.15) is 11.6 Å². The number of aromatic nitrogens is 3. The van der Waals surface area contributed by atoms with Crippen molar-refractivity contribution in [2.45, 2.75) is 32.2 Å². The van der Waals surface area contributed by atoms with E-state index in [4.69, 9.17) is 16.6 Å². The van der Waals surface area contributed by atoms with Crippen LogP contribution in [0.3, 0.4) is 0 Å². The van der Waals surface area contributed by atoms with Crippen LogP contribution < -0.4 is 9.80 Å². The molecule has 2 N–H and O–H groups in total. The molecule has 0 saturated carbocycles. The monoisotopic (exact) mass is 673 g/mol. The fourth-order valence-corrected chi connectivity index (χ4v) is 6.84. The number of allylic oxidation sites excluding steroid dienone is 1. The molecule has 47 heavy (non-hydrogen) atoms. The molecular weight excluding hydrogens is 638 g/mol. The van der Waals surface area contributed by atoms with E-state index in [0.717, 1.165) is 30.9 Å². The lowest BCUT2D eigenvalue weighted by molar-refractivity contribution is 0.0969. The Morgan fingerprint density at radius 3 is 2.49 bits per heavy atom. The molecular formula is C33H36ClF4N7O2. The molecule has 0 radical (unpaired) electrons. The second-order valence-electron chi connectivity index (χ2n) is 11.7. The van der Waals surface area contributed by atoms with Gasteiger partial charge in [0.2, 0.25) is 5.95 Å². The highest BCUT2D eigenvalue weighted by molar-refractivity contribution is 6.23. The number of likely N-dealkylation sites (N-methyl/N-ethyl adjacent to an activating group) is 1. The fourth-order valence-electron chi connectivity index (χ4n) is 6.66. The molecule has 0 bridgehead atoms. The summed E-state index contributed by atoms with van der Waals surface area (Å²) in [5, 5.41) is 16.0. The standard InChI is InChI=1S/C33H36ClF4N7O2/c1-4-20-16-44(10-9-43(20)11-12-46)31-24-15-39-29(23-14-22(47)13-19-7-8-25(35)28(36)26(19)23)27(33(34,37)38)30(24)40-32(41-31)45-17-21(18-45)42(5-2)6-3/h4,7-8,13-15,21,46-47H,5-6,9-12,16-18H2,1-3H3/b20-4-. The van der Waals surface area contributed by atoms with Gasteiger partial charge in [-0.2, -0.15) is 13.8 Å². The summed E-state index contributed by atoms with van der Waals surface area (Å²) in [7, 11) is 0. The molecule has 0 aliphatic carbocycles. The van der Waals surface area contributed by atoms with Crippen LogP contribution in [-0.4, -0.2) is 100.0 Å². The van der Waals surface area contributed by atoms with Gasteiger partial charge in [-0.05, 0) is 55.2 Å². The van der Waals surface area contributed by atoms with E-state index in [1.54, 1.807) is 0 Å². The van der Waals surface area contributed by atoms with E-state index >= 15 is 13.2 Å². The molecule has 2 aliphatic rings. The number of hydrogen-bond donors (Lipinski definition) is 2. The summed E-state index contributed by atoms with van der Waals surface area (Å²) in [6, 6.07) is 4.67. The first-order valence-electron chi connectivity index (χ1n) is 15.6. The van der Waals surface area contributed by atoms with Gasteiger partial charge in [0.25, 0.3) is 0 Å². The Morgan fingerprint density at radius 1 is 1.09 bits per heavy atom. The second-order valence-corrected chi connectivity index (χ2v) is 12.2. The zero-order valence-corrected chi connectivity index (χ0v) is 27.1. The molecule has 2 aliphatic heterocycles. The van der Waals surface area contributed by atoms with Gasteiger partial charge < -0.3 is 24.9 Å². The third kappa shape index (κ3) is 6.00. The molecule has 0 amide bonds. The van der Waals surface area contributed by atoms with Gasteiger partial charge in [0.15, 0.2) is 11.6 Å². The molecule has 0 atom stereocenters. The quantitative estimate of drug-likeness (QED) is 0.172. The van der Waals surface area contributed by atoms with Crippen LogP contribution in [0.1, 0.15) is 26.3 Å². The largest absolute Gasteiger partial charge is 0.508 e. The van der Waals surface area contributed by atoms with E-state index < -0.39 is 28.3 Å². The highest BCUT2D eigenvalue weighted by Crippen LogP contribution is 2.46. The van der Waals surface area contributed by atoms with Crippen molar-refractivity contribution >= 4 is 45.0 Å². The number of hydrogen-bond acceptors (Lipinski definition) is 9. The SMILES string of the molecule is C/C=C1/CN(c2nc(N3CC(N(CC)CC)C3)nc3c(C(F)(F)Cl)c(-c4cc(O)cc5ccc(F)c(F)c45)ncc23)CCN1CCO. The Kier molecular flexibility index (Phi) is 9.07. The maximum atomic E-state index is 15.7. The third-order valence-corrected chi connectivity index (χ3v) is 9.31. The van der Waals surface area contributed by atoms with Crippen molar-refractivity contribution in [1.82, 2.24) is 24.8 Å². The lowest BCUT2D eigenvalue weighted by atomic mass is 9.96. The molecule has 2 aromatic carbocycles. The number of rotatable bonds is 9. The van der Waals surface area contributed by atoms with Crippen molar-refractivity contribution in [3.05, 3.63) is 59.4 Å². The van der Waals surface area contributed by atoms with E-state index in [1.807, 2.05) is 22.8 Å². The van der Waals surface area contributed by atoms with Crippen molar-refractivity contribution < 1.29 is 27.8 Å². The summed E-state index contributed by atoms with van der Waals surface area (Å²) in [5.41, 5.74) is -0.752. The Balaban J connectivity index is 1.59. The average molecular weight is 674 g/mol. The zero-order valence-electron chi connectivity index (χ0n) is 26.3. The third-order valence-electron chi connectivity index (χ3n) is 9.12. The number of anilines is 2. The minimum Gasteiger partial charge on any atom is -0.508 e. The highest BCUT2D eigenvalue weighted by Gasteiger charge is 2.39. The molecule has 6 rings (SSSR count). The molecule has 2 aromatic heterocycles. The van der Waals surface area contributed by atoms with Crippen LogP contribution in [0.2, 0.25) is 0 Å². The molecule has 2 saturated heterocycles. The Morgan fingerprint density at radius 2 is 1.83 bits per heavy atom. The predicted molar refractivity (Wildman–Crippen MR) is 175 cm³/mol. The molecule has 2 fully saturated rings. The number of phenols is 1. The number of fused-ring (bicyclic) bond motifs is 2. The zero-order chi connectivity index (χ0) is 33.6. The summed E-state index contributed by atoms with van der Waals surface area (Å²) in [5.74, 6) is -2.20. The molecule has 4 aromatic rings. The smallest absolute Gasteiger partial charge is 0.352 e. The van der Waals surface area contributed by atoms with E-state index in [1.165, 1.54) is 18.3 Å². The number of alkyl halides is 3. The Bertz CT molecular complexity index is 1840. The summed E-state index contributed by atoms with van der Waals surface area (Å²) in [4.78, 5) is 22.1. The normalized spacial score (nSPS) is 17.1. The number of aliphatic hydroxyl groups is 1. The number of nitrogens with zero attached hydrogens (tertiary/aromatic N) is 7. The highest BCUT2D eigenvalue weighted by atomic mass is 35.5. The first kappa shape index (κ1) is 33.0. The minimum atomic E-state index is -4.06. The van der Waals surface area contributed by atoms with Crippen LogP contribution in [0, 0.1) is 11.6 Å². The van der Waals surface area contributed by atoms with Crippen LogP contribution in [-0.2, 0) is 5.38 Å². The molecule has 0 spiro atoms. The minimum absolute atomic E-state index is 0.0182. The first-order valence-corrected chi connectivity index (χ1v) is 16.0. The van der Waals surface area contributed by atoms with Gasteiger partial charge in [-0.1, -0.05) is 26.0 Å². The summed E-state index contributed by atoms with van der Waals surface area (Å²) < 4.78 is 61.1. The van der Waals surface area contributed by atoms with Crippen molar-refractivity contribution in [2.75, 3.05) is 68.8 Å². The molecule has 0 unspecified atom stereocenters. The molecule has 9 nitrogen and oxygen atoms in total. The van der Waals surface area contributed by atoms with Gasteiger partial charge in [0, 0.05) is 61.6 Å². The molecule has 4 heterocycles. The maximum Gasteiger partial charge on any atom is 0.352 e. The number of piperazine rings is 1. The Hall–Kier alpha value is -3.94. The second kappa shape index (κ2) is 12.9. The van der Waals surface area contributed by atoms with Crippen molar-refractivity contribution in [3.63, 3.8) is 0 Å². The summed E-state index contributed by atoms with van der Waals surface area (Å²) in [6.45, 7) is 10.8. The predicted octanol–water partition coefficient (Wildman–Crippen LogP) is 5.67. The number of aliphatic hydroxyl groups excluding tert-OH is 1. The summed E-state index contributed by atoms with van der Waals surface area (Å²) in [6.07, 6.45) is 3.28. The van der Waals surface area contributed by atoms with Crippen LogP contribution >= 0.6 is 11.6 Å². The van der Waals surface area contributed by atoms with Gasteiger partial charge in [0.05, 0.1) is 35.3 Å². The summed E-state index contributed by atoms with van der Waals surface area (Å²) >= 11 is 5.84. The van der Waals surface area contributed by atoms with Gasteiger partial charge in [-0.3, -0.25) is 9.88 Å². The number of aromatic hydroxyl groups is 1. The van der Waals surface area contributed by atoms with Gasteiger partial charge in [-0.25, -0.2) is 13.8 Å². The molecule has 14 heteroatoms. The van der Waals surface area contributed by atoms with Crippen LogP contribution in [0.15, 0.2) is 42.2 Å². The topological polar surface area (TPSA) is 92.1 Å². The number of pyridine rings is 1. The fraction of sp³-hybridized carbons (Fsp3) is 0.424. The average Bonchev–Trinajstić information content (AvgIpc) is 3.02. The van der Waals surface area contributed by atoms with E-state index in [9.17, 15) is 14.6 Å². The lowest BCUT2D eigenvalue weighted by Gasteiger charge is -2.45. The van der Waals surface area contributed by atoms with Crippen LogP contribution in [0.5, 0.6) is 5.75 Å². The van der Waals surface area contributed by atoms with Crippen molar-refractivity contribution in [3.8, 4) is 17.0 Å². The molecule has 250 valence electrons. The van der Waals surface area contributed by atoms with E-state index in [2.05, 4.69) is 33.6 Å².